The number of rotatable bonds is 5. The van der Waals surface area contributed by atoms with Gasteiger partial charge in [0.05, 0.1) is 28.4 Å². The molecule has 5 nitrogen and oxygen atoms in total. The molecule has 0 bridgehead atoms. The van der Waals surface area contributed by atoms with Gasteiger partial charge in [0.15, 0.2) is 5.76 Å². The van der Waals surface area contributed by atoms with Crippen LogP contribution in [0.2, 0.25) is 10.0 Å². The fourth-order valence-electron chi connectivity index (χ4n) is 3.70. The van der Waals surface area contributed by atoms with Crippen LogP contribution in [0.3, 0.4) is 0 Å². The molecule has 0 amide bonds. The second-order valence-electron chi connectivity index (χ2n) is 7.13. The van der Waals surface area contributed by atoms with Crippen molar-refractivity contribution >= 4 is 29.0 Å². The van der Waals surface area contributed by atoms with Crippen molar-refractivity contribution in [3.05, 3.63) is 112 Å². The minimum atomic E-state index is -0.704. The van der Waals surface area contributed by atoms with Gasteiger partial charge in [0.25, 0.3) is 0 Å². The minimum Gasteiger partial charge on any atom is -0.461 e. The van der Waals surface area contributed by atoms with Crippen LogP contribution in [0.5, 0.6) is 0 Å². The number of pyridine rings is 1. The molecule has 0 fully saturated rings. The zero-order chi connectivity index (χ0) is 22.1. The van der Waals surface area contributed by atoms with Crippen LogP contribution in [0.25, 0.3) is 11.1 Å². The second kappa shape index (κ2) is 8.65. The Morgan fingerprint density at radius 3 is 2.50 bits per heavy atom. The molecule has 4 aromatic rings. The molecule has 0 aliphatic carbocycles. The van der Waals surface area contributed by atoms with Crippen molar-refractivity contribution in [1.82, 2.24) is 9.88 Å². The normalized spacial score (nSPS) is 15.5. The van der Waals surface area contributed by atoms with Gasteiger partial charge < -0.3 is 14.2 Å². The topological polar surface area (TPSA) is 50.9 Å². The first-order valence-electron chi connectivity index (χ1n) is 9.79. The summed E-state index contributed by atoms with van der Waals surface area (Å²) in [6, 6.07) is 17.2. The van der Waals surface area contributed by atoms with Crippen LogP contribution in [-0.4, -0.2) is 15.7 Å². The number of amidine groups is 1. The van der Waals surface area contributed by atoms with E-state index in [4.69, 9.17) is 32.5 Å². The predicted octanol–water partition coefficient (Wildman–Crippen LogP) is 6.68. The first kappa shape index (κ1) is 20.5. The molecule has 0 N–H and O–H groups in total. The zero-order valence-electron chi connectivity index (χ0n) is 16.6. The van der Waals surface area contributed by atoms with E-state index >= 15 is 0 Å². The van der Waals surface area contributed by atoms with Gasteiger partial charge in [-0.1, -0.05) is 52.6 Å². The maximum absolute atomic E-state index is 14.6. The summed E-state index contributed by atoms with van der Waals surface area (Å²) >= 11 is 12.9. The highest BCUT2D eigenvalue weighted by atomic mass is 35.5. The van der Waals surface area contributed by atoms with E-state index in [1.54, 1.807) is 73.3 Å². The van der Waals surface area contributed by atoms with Crippen LogP contribution in [0, 0.1) is 5.82 Å². The first-order valence-corrected chi connectivity index (χ1v) is 10.5. The molecular formula is C24H16Cl2FN3O2. The molecule has 160 valence electrons. The maximum atomic E-state index is 14.6. The third-order valence-corrected chi connectivity index (χ3v) is 5.85. The van der Waals surface area contributed by atoms with Gasteiger partial charge in [0, 0.05) is 18.0 Å². The Hall–Kier alpha value is -3.35. The molecule has 0 saturated carbocycles. The molecule has 8 heteroatoms. The lowest BCUT2D eigenvalue weighted by Gasteiger charge is -2.27. The van der Waals surface area contributed by atoms with Crippen molar-refractivity contribution in [1.29, 1.82) is 0 Å². The van der Waals surface area contributed by atoms with Crippen molar-refractivity contribution in [2.45, 2.75) is 12.8 Å². The minimum absolute atomic E-state index is 0.295. The quantitative estimate of drug-likeness (QED) is 0.328. The fraction of sp³-hybridized carbons (Fsp3) is 0.0833. The van der Waals surface area contributed by atoms with Gasteiger partial charge in [-0.05, 0) is 47.5 Å². The Balaban J connectivity index is 1.59. The lowest BCUT2D eigenvalue weighted by Crippen LogP contribution is -2.31. The number of oxime groups is 1. The summed E-state index contributed by atoms with van der Waals surface area (Å²) in [5.41, 5.74) is 2.55. The Labute approximate surface area is 193 Å². The highest BCUT2D eigenvalue weighted by Gasteiger charge is 2.37. The Morgan fingerprint density at radius 2 is 1.75 bits per heavy atom. The summed E-state index contributed by atoms with van der Waals surface area (Å²) in [6.07, 6.45) is 4.19. The Bertz CT molecular complexity index is 1270. The number of aromatic nitrogens is 1. The number of hydrogen-bond donors (Lipinski definition) is 0. The van der Waals surface area contributed by atoms with Crippen LogP contribution in [0.1, 0.15) is 23.1 Å². The van der Waals surface area contributed by atoms with Crippen molar-refractivity contribution in [3.8, 4) is 11.1 Å². The summed E-state index contributed by atoms with van der Waals surface area (Å²) in [4.78, 5) is 11.9. The van der Waals surface area contributed by atoms with E-state index in [1.165, 1.54) is 6.07 Å². The lowest BCUT2D eigenvalue weighted by atomic mass is 10.0. The summed E-state index contributed by atoms with van der Waals surface area (Å²) < 4.78 is 20.2. The zero-order valence-corrected chi connectivity index (χ0v) is 18.1. The summed E-state index contributed by atoms with van der Waals surface area (Å²) in [5.74, 6) is 0.676. The van der Waals surface area contributed by atoms with E-state index in [0.29, 0.717) is 44.9 Å². The maximum Gasteiger partial charge on any atom is 0.230 e. The van der Waals surface area contributed by atoms with E-state index in [9.17, 15) is 4.39 Å². The van der Waals surface area contributed by atoms with Gasteiger partial charge in [-0.25, -0.2) is 4.39 Å². The van der Waals surface area contributed by atoms with Crippen LogP contribution in [0.15, 0.2) is 88.9 Å². The molecule has 0 saturated heterocycles. The van der Waals surface area contributed by atoms with Gasteiger partial charge in [-0.3, -0.25) is 4.98 Å². The molecule has 0 spiro atoms. The number of hydrogen-bond acceptors (Lipinski definition) is 5. The van der Waals surface area contributed by atoms with Gasteiger partial charge in [0.1, 0.15) is 5.82 Å². The van der Waals surface area contributed by atoms with E-state index in [2.05, 4.69) is 10.1 Å². The molecule has 5 rings (SSSR count). The van der Waals surface area contributed by atoms with Gasteiger partial charge in [0.2, 0.25) is 12.1 Å². The fourth-order valence-corrected chi connectivity index (χ4v) is 4.29. The van der Waals surface area contributed by atoms with Crippen molar-refractivity contribution in [2.75, 3.05) is 0 Å². The highest BCUT2D eigenvalue weighted by molar-refractivity contribution is 6.36. The van der Waals surface area contributed by atoms with Crippen molar-refractivity contribution in [2.24, 2.45) is 5.16 Å². The number of nitrogens with zero attached hydrogens (tertiary/aromatic N) is 3. The third-order valence-electron chi connectivity index (χ3n) is 5.19. The molecule has 3 heterocycles. The molecule has 1 aliphatic heterocycles. The molecule has 1 unspecified atom stereocenters. The largest absolute Gasteiger partial charge is 0.461 e. The van der Waals surface area contributed by atoms with E-state index in [1.807, 2.05) is 4.90 Å². The Kier molecular flexibility index (Phi) is 5.55. The molecule has 0 radical (unpaired) electrons. The van der Waals surface area contributed by atoms with Gasteiger partial charge >= 0.3 is 0 Å². The molecule has 2 aromatic carbocycles. The Morgan fingerprint density at radius 1 is 0.938 bits per heavy atom. The highest BCUT2D eigenvalue weighted by Crippen LogP contribution is 2.40. The van der Waals surface area contributed by atoms with Crippen molar-refractivity contribution in [3.63, 3.8) is 0 Å². The molecule has 32 heavy (non-hydrogen) atoms. The average molecular weight is 468 g/mol. The SMILES string of the molecule is Fc1ccccc1-c1ccncc1CN1C(c2ccco2)=NOC1c1c(Cl)cccc1Cl. The molecule has 1 atom stereocenters. The lowest BCUT2D eigenvalue weighted by molar-refractivity contribution is 0.00590. The molecular weight excluding hydrogens is 452 g/mol. The van der Waals surface area contributed by atoms with Gasteiger partial charge in [-0.15, -0.1) is 0 Å². The summed E-state index contributed by atoms with van der Waals surface area (Å²) in [6.45, 7) is 0.295. The van der Waals surface area contributed by atoms with Crippen LogP contribution < -0.4 is 0 Å². The second-order valence-corrected chi connectivity index (χ2v) is 7.94. The van der Waals surface area contributed by atoms with Crippen LogP contribution in [-0.2, 0) is 11.4 Å². The summed E-state index contributed by atoms with van der Waals surface area (Å²) in [7, 11) is 0. The first-order chi connectivity index (χ1) is 15.6. The standard InChI is InChI=1S/C24H16Cl2FN3O2/c25-18-6-3-7-19(26)22(18)24-30(23(29-32-24)21-9-4-12-31-21)14-15-13-28-11-10-16(15)17-5-1-2-8-20(17)27/h1-13,24H,14H2. The van der Waals surface area contributed by atoms with Crippen LogP contribution >= 0.6 is 23.2 Å². The van der Waals surface area contributed by atoms with Crippen molar-refractivity contribution < 1.29 is 13.6 Å². The summed E-state index contributed by atoms with van der Waals surface area (Å²) in [5, 5.41) is 5.15. The third kappa shape index (κ3) is 3.72. The predicted molar refractivity (Wildman–Crippen MR) is 121 cm³/mol. The number of benzene rings is 2. The average Bonchev–Trinajstić information content (AvgIpc) is 3.45. The van der Waals surface area contributed by atoms with Crippen LogP contribution in [0.4, 0.5) is 4.39 Å². The molecule has 2 aromatic heterocycles. The monoisotopic (exact) mass is 467 g/mol. The van der Waals surface area contributed by atoms with E-state index in [-0.39, 0.29) is 5.82 Å². The molecule has 1 aliphatic rings. The van der Waals surface area contributed by atoms with E-state index < -0.39 is 6.23 Å². The number of halogens is 3. The smallest absolute Gasteiger partial charge is 0.230 e. The number of furan rings is 1. The van der Waals surface area contributed by atoms with Gasteiger partial charge in [-0.2, -0.15) is 0 Å². The van der Waals surface area contributed by atoms with E-state index in [0.717, 1.165) is 5.56 Å².